The Morgan fingerprint density at radius 2 is 2.33 bits per heavy atom. The van der Waals surface area contributed by atoms with Gasteiger partial charge in [-0.3, -0.25) is 0 Å². The second-order valence-electron chi connectivity index (χ2n) is 3.87. The van der Waals surface area contributed by atoms with Crippen molar-refractivity contribution in [3.8, 4) is 0 Å². The van der Waals surface area contributed by atoms with Crippen molar-refractivity contribution in [1.29, 1.82) is 0 Å². The molecule has 0 aliphatic carbocycles. The first-order valence-corrected chi connectivity index (χ1v) is 5.60. The van der Waals surface area contributed by atoms with Gasteiger partial charge in [0.05, 0.1) is 12.3 Å². The van der Waals surface area contributed by atoms with Gasteiger partial charge in [0.2, 0.25) is 0 Å². The summed E-state index contributed by atoms with van der Waals surface area (Å²) in [5, 5.41) is 0. The van der Waals surface area contributed by atoms with E-state index < -0.39 is 5.97 Å². The number of rotatable bonds is 2. The Morgan fingerprint density at radius 1 is 1.56 bits per heavy atom. The summed E-state index contributed by atoms with van der Waals surface area (Å²) in [5.74, 6) is -0.531. The van der Waals surface area contributed by atoms with Crippen LogP contribution in [-0.2, 0) is 9.53 Å². The first kappa shape index (κ1) is 12.3. The fourth-order valence-corrected chi connectivity index (χ4v) is 1.73. The van der Waals surface area contributed by atoms with E-state index in [1.54, 1.807) is 13.0 Å². The standard InChI is InChI=1S/C13H13FN2O2/c1-2-18-13(17)9-5-8-6-10(14)3-4-11(8)16-12(15)7-9/h3-6H,2,7H2,1H3,(H2,15,16). The van der Waals surface area contributed by atoms with Crippen LogP contribution in [0.25, 0.3) is 6.08 Å². The van der Waals surface area contributed by atoms with Crippen molar-refractivity contribution in [3.63, 3.8) is 0 Å². The van der Waals surface area contributed by atoms with Crippen LogP contribution in [0.2, 0.25) is 0 Å². The molecule has 1 aliphatic rings. The Morgan fingerprint density at radius 3 is 3.06 bits per heavy atom. The largest absolute Gasteiger partial charge is 0.463 e. The van der Waals surface area contributed by atoms with Gasteiger partial charge in [-0.25, -0.2) is 14.2 Å². The predicted octanol–water partition coefficient (Wildman–Crippen LogP) is 2.16. The molecule has 0 aromatic heterocycles. The lowest BCUT2D eigenvalue weighted by molar-refractivity contribution is -0.138. The maximum absolute atomic E-state index is 13.2. The van der Waals surface area contributed by atoms with E-state index in [0.717, 1.165) is 0 Å². The number of nitrogens with two attached hydrogens (primary N) is 1. The summed E-state index contributed by atoms with van der Waals surface area (Å²) in [6.07, 6.45) is 1.77. The second-order valence-corrected chi connectivity index (χ2v) is 3.87. The van der Waals surface area contributed by atoms with Crippen molar-refractivity contribution in [1.82, 2.24) is 0 Å². The second kappa shape index (κ2) is 5.00. The number of hydrogen-bond donors (Lipinski definition) is 1. The number of esters is 1. The van der Waals surface area contributed by atoms with Crippen molar-refractivity contribution in [2.75, 3.05) is 6.61 Å². The molecule has 94 valence electrons. The predicted molar refractivity (Wildman–Crippen MR) is 66.9 cm³/mol. The Hall–Kier alpha value is -2.17. The van der Waals surface area contributed by atoms with Gasteiger partial charge < -0.3 is 10.5 Å². The van der Waals surface area contributed by atoms with Gasteiger partial charge in [0.1, 0.15) is 11.7 Å². The van der Waals surface area contributed by atoms with E-state index in [9.17, 15) is 9.18 Å². The Balaban J connectivity index is 2.46. The fourth-order valence-electron chi connectivity index (χ4n) is 1.73. The normalized spacial score (nSPS) is 14.1. The van der Waals surface area contributed by atoms with Crippen LogP contribution in [0.5, 0.6) is 0 Å². The Kier molecular flexibility index (Phi) is 3.41. The summed E-state index contributed by atoms with van der Waals surface area (Å²) < 4.78 is 18.1. The average Bonchev–Trinajstić information content (AvgIpc) is 2.47. The van der Waals surface area contributed by atoms with Gasteiger partial charge in [-0.15, -0.1) is 0 Å². The van der Waals surface area contributed by atoms with Gasteiger partial charge >= 0.3 is 5.97 Å². The smallest absolute Gasteiger partial charge is 0.334 e. The van der Waals surface area contributed by atoms with E-state index in [1.165, 1.54) is 18.2 Å². The molecular formula is C13H13FN2O2. The summed E-state index contributed by atoms with van der Waals surface area (Å²) in [6, 6.07) is 4.15. The zero-order chi connectivity index (χ0) is 13.1. The highest BCUT2D eigenvalue weighted by Gasteiger charge is 2.17. The van der Waals surface area contributed by atoms with Gasteiger partial charge in [0.25, 0.3) is 0 Å². The van der Waals surface area contributed by atoms with E-state index in [0.29, 0.717) is 22.7 Å². The van der Waals surface area contributed by atoms with E-state index in [2.05, 4.69) is 4.99 Å². The number of fused-ring (bicyclic) bond motifs is 1. The molecular weight excluding hydrogens is 235 g/mol. The lowest BCUT2D eigenvalue weighted by Crippen LogP contribution is -2.16. The van der Waals surface area contributed by atoms with Crippen molar-refractivity contribution in [2.45, 2.75) is 13.3 Å². The third-order valence-corrected chi connectivity index (χ3v) is 2.49. The molecule has 1 heterocycles. The topological polar surface area (TPSA) is 64.7 Å². The molecule has 1 aromatic carbocycles. The Labute approximate surface area is 104 Å². The molecule has 18 heavy (non-hydrogen) atoms. The molecule has 0 radical (unpaired) electrons. The maximum Gasteiger partial charge on any atom is 0.334 e. The molecule has 0 atom stereocenters. The lowest BCUT2D eigenvalue weighted by atomic mass is 10.1. The van der Waals surface area contributed by atoms with Crippen LogP contribution in [0, 0.1) is 5.82 Å². The molecule has 1 aromatic rings. The van der Waals surface area contributed by atoms with Crippen LogP contribution in [0.1, 0.15) is 18.9 Å². The van der Waals surface area contributed by atoms with Crippen LogP contribution >= 0.6 is 0 Å². The molecule has 2 N–H and O–H groups in total. The number of amidine groups is 1. The van der Waals surface area contributed by atoms with E-state index in [4.69, 9.17) is 10.5 Å². The van der Waals surface area contributed by atoms with Gasteiger partial charge in [0.15, 0.2) is 0 Å². The first-order valence-electron chi connectivity index (χ1n) is 5.60. The molecule has 1 aliphatic heterocycles. The summed E-state index contributed by atoms with van der Waals surface area (Å²) in [6.45, 7) is 2.00. The SMILES string of the molecule is CCOC(=O)C1=Cc2cc(F)ccc2N=C(N)C1. The summed E-state index contributed by atoms with van der Waals surface area (Å²) >= 11 is 0. The molecule has 4 nitrogen and oxygen atoms in total. The molecule has 0 bridgehead atoms. The number of ether oxygens (including phenoxy) is 1. The molecule has 5 heteroatoms. The molecule has 0 saturated heterocycles. The van der Waals surface area contributed by atoms with Crippen molar-refractivity contribution in [2.24, 2.45) is 10.7 Å². The van der Waals surface area contributed by atoms with Crippen molar-refractivity contribution < 1.29 is 13.9 Å². The molecule has 0 amide bonds. The van der Waals surface area contributed by atoms with E-state index >= 15 is 0 Å². The summed E-state index contributed by atoms with van der Waals surface area (Å²) in [7, 11) is 0. The molecule has 0 fully saturated rings. The number of benzene rings is 1. The number of halogens is 1. The molecule has 0 unspecified atom stereocenters. The highest BCUT2D eigenvalue weighted by molar-refractivity contribution is 6.03. The monoisotopic (exact) mass is 248 g/mol. The zero-order valence-electron chi connectivity index (χ0n) is 9.94. The molecule has 2 rings (SSSR count). The number of carbonyl (C=O) groups excluding carboxylic acids is 1. The minimum atomic E-state index is -0.451. The summed E-state index contributed by atoms with van der Waals surface area (Å²) in [4.78, 5) is 15.8. The van der Waals surface area contributed by atoms with E-state index in [-0.39, 0.29) is 18.8 Å². The minimum absolute atomic E-state index is 0.204. The number of aliphatic imine (C=N–C) groups is 1. The number of hydrogen-bond acceptors (Lipinski definition) is 4. The van der Waals surface area contributed by atoms with Crippen LogP contribution in [0.15, 0.2) is 28.8 Å². The maximum atomic E-state index is 13.2. The van der Waals surface area contributed by atoms with Gasteiger partial charge in [-0.05, 0) is 31.2 Å². The highest BCUT2D eigenvalue weighted by Crippen LogP contribution is 2.27. The lowest BCUT2D eigenvalue weighted by Gasteiger charge is -2.04. The number of carbonyl (C=O) groups is 1. The third-order valence-electron chi connectivity index (χ3n) is 2.49. The van der Waals surface area contributed by atoms with Crippen LogP contribution in [0.4, 0.5) is 10.1 Å². The third kappa shape index (κ3) is 2.56. The van der Waals surface area contributed by atoms with Crippen molar-refractivity contribution >= 4 is 23.6 Å². The van der Waals surface area contributed by atoms with E-state index in [1.807, 2.05) is 0 Å². The van der Waals surface area contributed by atoms with Crippen LogP contribution < -0.4 is 5.73 Å². The van der Waals surface area contributed by atoms with Gasteiger partial charge in [-0.2, -0.15) is 0 Å². The van der Waals surface area contributed by atoms with Gasteiger partial charge in [-0.1, -0.05) is 0 Å². The van der Waals surface area contributed by atoms with Crippen molar-refractivity contribution in [3.05, 3.63) is 35.2 Å². The number of nitrogens with zero attached hydrogens (tertiary/aromatic N) is 1. The fraction of sp³-hybridized carbons (Fsp3) is 0.231. The quantitative estimate of drug-likeness (QED) is 0.816. The van der Waals surface area contributed by atoms with Crippen LogP contribution in [0.3, 0.4) is 0 Å². The Bertz CT molecular complexity index is 550. The molecule has 0 spiro atoms. The first-order chi connectivity index (χ1) is 8.60. The average molecular weight is 248 g/mol. The highest BCUT2D eigenvalue weighted by atomic mass is 19.1. The molecule has 0 saturated carbocycles. The summed E-state index contributed by atoms with van der Waals surface area (Å²) in [5.41, 5.74) is 7.17. The van der Waals surface area contributed by atoms with Crippen LogP contribution in [-0.4, -0.2) is 18.4 Å². The minimum Gasteiger partial charge on any atom is -0.463 e. The van der Waals surface area contributed by atoms with Gasteiger partial charge in [0, 0.05) is 17.6 Å². The zero-order valence-corrected chi connectivity index (χ0v) is 9.94.